The summed E-state index contributed by atoms with van der Waals surface area (Å²) in [5, 5.41) is 56.4. The van der Waals surface area contributed by atoms with Gasteiger partial charge in [0.15, 0.2) is 29.1 Å². The van der Waals surface area contributed by atoms with E-state index in [0.29, 0.717) is 6.42 Å². The minimum atomic E-state index is -5.95. The van der Waals surface area contributed by atoms with E-state index in [1.165, 1.54) is 13.8 Å². The van der Waals surface area contributed by atoms with Crippen LogP contribution >= 0.6 is 35.2 Å². The lowest BCUT2D eigenvalue weighted by atomic mass is 9.87. The van der Waals surface area contributed by atoms with Crippen molar-refractivity contribution < 1.29 is 105 Å². The number of hydrogen-bond acceptors (Lipinski definition) is 27. The normalized spacial score (nSPS) is 25.5. The fourth-order valence-electron chi connectivity index (χ4n) is 7.68. The second kappa shape index (κ2) is 29.4. The summed E-state index contributed by atoms with van der Waals surface area (Å²) < 4.78 is 72.2. The molecule has 2 amide bonds. The zero-order valence-electron chi connectivity index (χ0n) is 41.3. The predicted molar refractivity (Wildman–Crippen MR) is 252 cm³/mol. The van der Waals surface area contributed by atoms with E-state index < -0.39 is 115 Å². The number of nitrogens with two attached hydrogens (primary N) is 1. The second-order valence-corrected chi connectivity index (χ2v) is 23.9. The molecule has 0 aromatic carbocycles. The molecule has 74 heavy (non-hydrogen) atoms. The topological polar surface area (TPSA) is 454 Å². The molecular formula is C41H68N7O22P3S-4. The van der Waals surface area contributed by atoms with E-state index in [1.54, 1.807) is 6.92 Å². The van der Waals surface area contributed by atoms with Gasteiger partial charge in [-0.05, 0) is 26.7 Å². The molecule has 33 heteroatoms. The second-order valence-electron chi connectivity index (χ2n) is 18.6. The number of rotatable bonds is 33. The Kier molecular flexibility index (Phi) is 25.4. The van der Waals surface area contributed by atoms with Crippen LogP contribution in [-0.2, 0) is 60.2 Å². The number of unbranched alkanes of at least 4 members (excludes halogenated alkanes) is 6. The number of hydrogen-bond donors (Lipinski definition) is 8. The first-order chi connectivity index (χ1) is 34.6. The molecule has 4 rings (SSSR count). The van der Waals surface area contributed by atoms with Crippen LogP contribution in [0.15, 0.2) is 12.7 Å². The summed E-state index contributed by atoms with van der Waals surface area (Å²) in [6.45, 7) is 3.59. The van der Waals surface area contributed by atoms with Crippen LogP contribution < -0.4 is 35.9 Å². The summed E-state index contributed by atoms with van der Waals surface area (Å²) in [5.74, 6) is -1.41. The molecule has 0 aliphatic carbocycles. The van der Waals surface area contributed by atoms with Crippen molar-refractivity contribution in [3.8, 4) is 0 Å². The highest BCUT2D eigenvalue weighted by Gasteiger charge is 2.47. The number of fused-ring (bicyclic) bond motifs is 1. The van der Waals surface area contributed by atoms with E-state index in [2.05, 4.69) is 43.5 Å². The maximum absolute atomic E-state index is 12.7. The molecule has 2 aliphatic heterocycles. The highest BCUT2D eigenvalue weighted by atomic mass is 32.2. The smallest absolute Gasteiger partial charge is 0.274 e. The van der Waals surface area contributed by atoms with E-state index in [0.717, 1.165) is 80.4 Å². The van der Waals surface area contributed by atoms with Gasteiger partial charge in [0, 0.05) is 43.5 Å². The Bertz CT molecular complexity index is 2270. The van der Waals surface area contributed by atoms with Crippen molar-refractivity contribution in [3.05, 3.63) is 12.7 Å². The molecule has 0 bridgehead atoms. The average molecular weight is 1140 g/mol. The fraction of sp³-hybridized carbons (Fsp3) is 0.805. The molecule has 2 aromatic rings. The van der Waals surface area contributed by atoms with Gasteiger partial charge in [-0.25, -0.2) is 19.3 Å². The van der Waals surface area contributed by atoms with Crippen LogP contribution in [-0.4, -0.2) is 155 Å². The Labute approximate surface area is 431 Å². The maximum Gasteiger partial charge on any atom is 0.274 e. The number of nitrogen functional groups attached to an aromatic ring is 1. The molecule has 2 fully saturated rings. The first-order valence-electron chi connectivity index (χ1n) is 23.9. The van der Waals surface area contributed by atoms with Crippen LogP contribution in [0, 0.1) is 5.41 Å². The molecule has 2 aromatic heterocycles. The molecule has 2 aliphatic rings. The third kappa shape index (κ3) is 21.3. The number of aromatic nitrogens is 4. The van der Waals surface area contributed by atoms with Crippen LogP contribution in [0.5, 0.6) is 0 Å². The highest BCUT2D eigenvalue weighted by Crippen LogP contribution is 2.56. The van der Waals surface area contributed by atoms with Crippen molar-refractivity contribution in [2.45, 2.75) is 172 Å². The first-order valence-corrected chi connectivity index (χ1v) is 29.3. The number of anilines is 1. The molecule has 4 heterocycles. The van der Waals surface area contributed by atoms with Gasteiger partial charge in [-0.1, -0.05) is 70.6 Å². The lowest BCUT2D eigenvalue weighted by Gasteiger charge is -2.36. The van der Waals surface area contributed by atoms with E-state index in [9.17, 15) is 73.2 Å². The van der Waals surface area contributed by atoms with Crippen LogP contribution in [0.3, 0.4) is 0 Å². The average Bonchev–Trinajstić information content (AvgIpc) is 3.87. The Balaban J connectivity index is 1.04. The van der Waals surface area contributed by atoms with Crippen molar-refractivity contribution in [2.75, 3.05) is 37.8 Å². The summed E-state index contributed by atoms with van der Waals surface area (Å²) >= 11 is 0.955. The number of aliphatic hydroxyl groups excluding tert-OH is 5. The predicted octanol–water partition coefficient (Wildman–Crippen LogP) is -1.34. The van der Waals surface area contributed by atoms with Crippen molar-refractivity contribution in [3.63, 3.8) is 0 Å². The van der Waals surface area contributed by atoms with Crippen molar-refractivity contribution in [1.29, 1.82) is 0 Å². The SMILES string of the molecule is C[C@H](CCCCCCCCC[C@@H](O)CC(=O)SCCNC(=O)CCNC(=O)[C@H](O)C(C)(C)COP(=O)([O-])OP(=O)([O-])OC[C@H]1O[C@@H](n2cnc3c(N)ncnc32)[C@H](O)[C@@H]1OP(=O)([O-])[O-])O[C@@H]1O[C@@H](C)[C@H](O)C[C@H]1O. The van der Waals surface area contributed by atoms with Crippen LogP contribution in [0.4, 0.5) is 5.82 Å². The molecular weight excluding hydrogens is 1070 g/mol. The van der Waals surface area contributed by atoms with Crippen LogP contribution in [0.1, 0.15) is 111 Å². The monoisotopic (exact) mass is 1140 g/mol. The van der Waals surface area contributed by atoms with Gasteiger partial charge < -0.3 is 93.8 Å². The minimum Gasteiger partial charge on any atom is -0.790 e. The fourth-order valence-corrected chi connectivity index (χ4v) is 11.2. The minimum absolute atomic E-state index is 0.0309. The Morgan fingerprint density at radius 2 is 1.57 bits per heavy atom. The lowest BCUT2D eigenvalue weighted by molar-refractivity contribution is -0.347. The zero-order valence-corrected chi connectivity index (χ0v) is 44.8. The summed E-state index contributed by atoms with van der Waals surface area (Å²) in [5.41, 5.74) is 4.03. The number of nitrogens with zero attached hydrogens (tertiary/aromatic N) is 4. The van der Waals surface area contributed by atoms with E-state index >= 15 is 0 Å². The van der Waals surface area contributed by atoms with E-state index in [1.807, 2.05) is 6.92 Å². The van der Waals surface area contributed by atoms with Gasteiger partial charge in [0.05, 0.1) is 51.8 Å². The number of carbonyl (C=O) groups excluding carboxylic acids is 3. The Morgan fingerprint density at radius 1 is 0.919 bits per heavy atom. The summed E-state index contributed by atoms with van der Waals surface area (Å²) in [6.07, 6.45) is -3.02. The van der Waals surface area contributed by atoms with Crippen LogP contribution in [0.25, 0.3) is 11.2 Å². The Hall–Kier alpha value is -2.64. The van der Waals surface area contributed by atoms with Crippen molar-refractivity contribution in [1.82, 2.24) is 30.2 Å². The molecule has 9 N–H and O–H groups in total. The molecule has 0 radical (unpaired) electrons. The molecule has 13 atom stereocenters. The summed E-state index contributed by atoms with van der Waals surface area (Å²) in [6, 6.07) is 0. The first kappa shape index (κ1) is 63.9. The third-order valence-corrected chi connectivity index (χ3v) is 15.8. The molecule has 0 saturated carbocycles. The number of carbonyl (C=O) groups is 3. The van der Waals surface area contributed by atoms with Gasteiger partial charge in [-0.15, -0.1) is 0 Å². The van der Waals surface area contributed by atoms with Gasteiger partial charge in [0.25, 0.3) is 15.6 Å². The van der Waals surface area contributed by atoms with Gasteiger partial charge in [-0.2, -0.15) is 0 Å². The Morgan fingerprint density at radius 3 is 2.24 bits per heavy atom. The van der Waals surface area contributed by atoms with E-state index in [4.69, 9.17) is 19.9 Å². The lowest BCUT2D eigenvalue weighted by Crippen LogP contribution is -2.48. The molecule has 0 spiro atoms. The number of phosphoric ester groups is 3. The number of amides is 2. The quantitative estimate of drug-likeness (QED) is 0.0303. The highest BCUT2D eigenvalue weighted by molar-refractivity contribution is 8.13. The van der Waals surface area contributed by atoms with Crippen LogP contribution in [0.2, 0.25) is 0 Å². The molecule has 2 unspecified atom stereocenters. The third-order valence-electron chi connectivity index (χ3n) is 11.8. The van der Waals surface area contributed by atoms with Gasteiger partial charge in [0.2, 0.25) is 11.8 Å². The molecule has 2 saturated heterocycles. The summed E-state index contributed by atoms with van der Waals surface area (Å²) in [7, 11) is -17.7. The zero-order chi connectivity index (χ0) is 55.0. The number of aliphatic hydroxyl groups is 5. The van der Waals surface area contributed by atoms with E-state index in [-0.39, 0.29) is 66.3 Å². The standard InChI is InChI=1S/C41H72N7O22P3S/c1-24(66-40-28(51)19-27(50)25(2)67-40)12-10-8-6-5-7-9-11-13-26(49)18-31(53)74-17-16-43-30(52)14-15-44-38(56)35(55)41(3,4)21-65-73(62,63)70-72(60,61)64-20-29-34(69-71(57,58)59)33(54)39(68-29)48-23-47-32-36(42)45-22-46-37(32)48/h22-29,33-35,39-40,49-51,54-55H,5-21H2,1-4H3,(H,43,52)(H,44,56)(H,60,61)(H,62,63)(H2,42,45,46)(H2,57,58,59)/p-4/t24-,25+,26-,27-,28-,29-,33-,34-,35+,39-,40-/m1/s1. The summed E-state index contributed by atoms with van der Waals surface area (Å²) in [4.78, 5) is 97.1. The van der Waals surface area contributed by atoms with Gasteiger partial charge in [-0.3, -0.25) is 28.1 Å². The van der Waals surface area contributed by atoms with Gasteiger partial charge >= 0.3 is 0 Å². The maximum atomic E-state index is 12.7. The van der Waals surface area contributed by atoms with Crippen molar-refractivity contribution in [2.24, 2.45) is 5.41 Å². The number of imidazole rings is 1. The number of nitrogens with one attached hydrogen (secondary N) is 2. The largest absolute Gasteiger partial charge is 0.790 e. The number of thioether (sulfide) groups is 1. The number of phosphoric acid groups is 3. The number of ether oxygens (including phenoxy) is 3. The molecule has 29 nitrogen and oxygen atoms in total. The van der Waals surface area contributed by atoms with Crippen molar-refractivity contribution >= 4 is 69.1 Å². The van der Waals surface area contributed by atoms with Gasteiger partial charge in [0.1, 0.15) is 42.4 Å². The molecule has 424 valence electrons.